The predicted octanol–water partition coefficient (Wildman–Crippen LogP) is 3.73. The fourth-order valence-electron chi connectivity index (χ4n) is 5.35. The number of benzene rings is 1. The van der Waals surface area contributed by atoms with Crippen molar-refractivity contribution in [3.63, 3.8) is 0 Å². The minimum absolute atomic E-state index is 0.111. The van der Waals surface area contributed by atoms with E-state index in [0.29, 0.717) is 24.6 Å². The lowest BCUT2D eigenvalue weighted by Gasteiger charge is -2.30. The molecule has 7 heteroatoms. The predicted molar refractivity (Wildman–Crippen MR) is 113 cm³/mol. The van der Waals surface area contributed by atoms with Crippen molar-refractivity contribution < 1.29 is 19.5 Å². The average Bonchev–Trinajstić information content (AvgIpc) is 3.61. The highest BCUT2D eigenvalue weighted by Gasteiger charge is 2.58. The van der Waals surface area contributed by atoms with Gasteiger partial charge >= 0.3 is 5.97 Å². The van der Waals surface area contributed by atoms with Crippen LogP contribution in [0.1, 0.15) is 67.9 Å². The summed E-state index contributed by atoms with van der Waals surface area (Å²) in [6.45, 7) is 4.94. The van der Waals surface area contributed by atoms with E-state index in [1.807, 2.05) is 17.6 Å². The molecule has 2 heterocycles. The number of hydrogen-bond acceptors (Lipinski definition) is 5. The molecule has 1 spiro atoms. The molecule has 1 aromatic heterocycles. The van der Waals surface area contributed by atoms with Crippen LogP contribution in [0.25, 0.3) is 10.9 Å². The van der Waals surface area contributed by atoms with E-state index in [2.05, 4.69) is 23.4 Å². The van der Waals surface area contributed by atoms with Gasteiger partial charge in [0.25, 0.3) is 0 Å². The Labute approximate surface area is 175 Å². The van der Waals surface area contributed by atoms with Crippen molar-refractivity contribution in [2.75, 3.05) is 13.2 Å². The zero-order valence-electron chi connectivity index (χ0n) is 17.6. The second kappa shape index (κ2) is 6.74. The summed E-state index contributed by atoms with van der Waals surface area (Å²) >= 11 is 0. The van der Waals surface area contributed by atoms with E-state index >= 15 is 0 Å². The zero-order chi connectivity index (χ0) is 21.1. The van der Waals surface area contributed by atoms with Crippen LogP contribution < -0.4 is 5.73 Å². The monoisotopic (exact) mass is 411 g/mol. The van der Waals surface area contributed by atoms with Gasteiger partial charge in [-0.2, -0.15) is 0 Å². The van der Waals surface area contributed by atoms with Gasteiger partial charge in [-0.05, 0) is 74.6 Å². The van der Waals surface area contributed by atoms with Crippen LogP contribution in [0, 0.1) is 5.92 Å². The molecule has 0 radical (unpaired) electrons. The number of nitrogens with two attached hydrogens (primary N) is 1. The largest absolute Gasteiger partial charge is 0.461 e. The first-order valence-corrected chi connectivity index (χ1v) is 10.9. The minimum atomic E-state index is -0.698. The average molecular weight is 412 g/mol. The number of carbonyl (C=O) groups is 1. The zero-order valence-corrected chi connectivity index (χ0v) is 17.6. The van der Waals surface area contributed by atoms with Crippen LogP contribution in [0.3, 0.4) is 0 Å². The molecule has 3 atom stereocenters. The maximum absolute atomic E-state index is 12.8. The fraction of sp³-hybridized carbons (Fsp3) is 0.565. The molecule has 2 aliphatic carbocycles. The van der Waals surface area contributed by atoms with Gasteiger partial charge in [0, 0.05) is 17.5 Å². The normalized spacial score (nSPS) is 29.9. The van der Waals surface area contributed by atoms with Gasteiger partial charge in [-0.25, -0.2) is 4.79 Å². The third kappa shape index (κ3) is 2.82. The number of fused-ring (bicyclic) bond motifs is 1. The number of ether oxygens (including phenoxy) is 2. The van der Waals surface area contributed by atoms with Crippen LogP contribution in [0.4, 0.5) is 0 Å². The summed E-state index contributed by atoms with van der Waals surface area (Å²) in [5, 5.41) is 13.7. The van der Waals surface area contributed by atoms with Gasteiger partial charge in [-0.3, -0.25) is 0 Å². The van der Waals surface area contributed by atoms with Gasteiger partial charge < -0.3 is 25.0 Å². The molecule has 30 heavy (non-hydrogen) atoms. The summed E-state index contributed by atoms with van der Waals surface area (Å²) in [5.74, 6) is 0.365. The number of rotatable bonds is 5. The van der Waals surface area contributed by atoms with Gasteiger partial charge in [-0.15, -0.1) is 0 Å². The Hall–Kier alpha value is -2.54. The molecule has 1 aliphatic heterocycles. The highest BCUT2D eigenvalue weighted by molar-refractivity contribution is 6.00. The number of esters is 1. The minimum Gasteiger partial charge on any atom is -0.461 e. The number of carbonyl (C=O) groups excluding carboxylic acids is 1. The van der Waals surface area contributed by atoms with E-state index in [9.17, 15) is 10.0 Å². The van der Waals surface area contributed by atoms with E-state index in [0.717, 1.165) is 43.2 Å². The molecule has 7 nitrogen and oxygen atoms in total. The lowest BCUT2D eigenvalue weighted by Crippen LogP contribution is -2.38. The van der Waals surface area contributed by atoms with Crippen LogP contribution in [0.2, 0.25) is 0 Å². The molecule has 2 saturated carbocycles. The Morgan fingerprint density at radius 3 is 2.77 bits per heavy atom. The second-order valence-electron chi connectivity index (χ2n) is 9.14. The van der Waals surface area contributed by atoms with Crippen molar-refractivity contribution >= 4 is 22.7 Å². The van der Waals surface area contributed by atoms with Crippen molar-refractivity contribution in [3.05, 3.63) is 35.5 Å². The lowest BCUT2D eigenvalue weighted by molar-refractivity contribution is -0.0132. The summed E-state index contributed by atoms with van der Waals surface area (Å²) in [7, 11) is 0. The number of hydrogen-bond donors (Lipinski definition) is 2. The Morgan fingerprint density at radius 1 is 1.37 bits per heavy atom. The Kier molecular flexibility index (Phi) is 4.36. The van der Waals surface area contributed by atoms with Crippen molar-refractivity contribution in [1.82, 2.24) is 4.57 Å². The summed E-state index contributed by atoms with van der Waals surface area (Å²) in [6, 6.07) is 8.31. The van der Waals surface area contributed by atoms with Crippen molar-refractivity contribution in [2.24, 2.45) is 16.8 Å². The number of aromatic nitrogens is 1. The molecule has 0 unspecified atom stereocenters. The van der Waals surface area contributed by atoms with Crippen molar-refractivity contribution in [1.29, 1.82) is 0 Å². The van der Waals surface area contributed by atoms with Crippen LogP contribution in [-0.4, -0.2) is 40.4 Å². The van der Waals surface area contributed by atoms with Crippen LogP contribution in [0.5, 0.6) is 0 Å². The Balaban J connectivity index is 1.61. The molecule has 3 aliphatic rings. The Morgan fingerprint density at radius 2 is 2.13 bits per heavy atom. The SMILES string of the molecule is CCOC(=O)c1cc2cc([C@H]3CCOC4(CC4)C3)ccc2n1[C@@]1(C(N)=NO)C[C@H]1C. The van der Waals surface area contributed by atoms with E-state index in [-0.39, 0.29) is 23.3 Å². The standard InChI is InChI=1S/C23H29N3O4/c1-3-29-20(27)19-11-17-10-15(16-6-9-30-22(13-16)7-8-22)4-5-18(17)26(19)23(12-14(23)2)21(24)25-28/h4-5,10-11,14,16,28H,3,6-9,12-13H2,1-2H3,(H2,24,25)/t14-,16+,23+/m1/s1. The first kappa shape index (κ1) is 19.4. The van der Waals surface area contributed by atoms with Crippen molar-refractivity contribution in [2.45, 2.75) is 63.0 Å². The highest BCUT2D eigenvalue weighted by Crippen LogP contribution is 2.53. The first-order chi connectivity index (χ1) is 14.4. The number of oxime groups is 1. The van der Waals surface area contributed by atoms with Crippen LogP contribution >= 0.6 is 0 Å². The van der Waals surface area contributed by atoms with Gasteiger partial charge in [0.15, 0.2) is 5.84 Å². The molecule has 0 bridgehead atoms. The van der Waals surface area contributed by atoms with E-state index in [4.69, 9.17) is 15.2 Å². The van der Waals surface area contributed by atoms with E-state index < -0.39 is 5.54 Å². The quantitative estimate of drug-likeness (QED) is 0.257. The van der Waals surface area contributed by atoms with Crippen LogP contribution in [-0.2, 0) is 15.0 Å². The number of nitrogens with zero attached hydrogens (tertiary/aromatic N) is 2. The fourth-order valence-corrected chi connectivity index (χ4v) is 5.35. The molecule has 3 fully saturated rings. The molecule has 160 valence electrons. The molecular weight excluding hydrogens is 382 g/mol. The molecule has 3 N–H and O–H groups in total. The summed E-state index contributed by atoms with van der Waals surface area (Å²) in [5.41, 5.74) is 8.18. The molecular formula is C23H29N3O4. The van der Waals surface area contributed by atoms with Gasteiger partial charge in [0.05, 0.1) is 12.2 Å². The lowest BCUT2D eigenvalue weighted by atomic mass is 9.87. The van der Waals surface area contributed by atoms with Gasteiger partial charge in [0.2, 0.25) is 0 Å². The third-order valence-corrected chi connectivity index (χ3v) is 7.31. The molecule has 0 amide bonds. The van der Waals surface area contributed by atoms with Gasteiger partial charge in [-0.1, -0.05) is 18.1 Å². The molecule has 5 rings (SSSR count). The highest BCUT2D eigenvalue weighted by atomic mass is 16.5. The first-order valence-electron chi connectivity index (χ1n) is 10.9. The summed E-state index contributed by atoms with van der Waals surface area (Å²) in [6.07, 6.45) is 5.12. The van der Waals surface area contributed by atoms with E-state index in [1.54, 1.807) is 6.92 Å². The maximum atomic E-state index is 12.8. The van der Waals surface area contributed by atoms with Crippen LogP contribution in [0.15, 0.2) is 29.4 Å². The topological polar surface area (TPSA) is 99.1 Å². The van der Waals surface area contributed by atoms with Crippen molar-refractivity contribution in [3.8, 4) is 0 Å². The van der Waals surface area contributed by atoms with E-state index in [1.165, 1.54) is 5.56 Å². The second-order valence-corrected chi connectivity index (χ2v) is 9.14. The smallest absolute Gasteiger partial charge is 0.355 e. The van der Waals surface area contributed by atoms with Gasteiger partial charge in [0.1, 0.15) is 11.2 Å². The summed E-state index contributed by atoms with van der Waals surface area (Å²) in [4.78, 5) is 12.8. The third-order valence-electron chi connectivity index (χ3n) is 7.31. The Bertz CT molecular complexity index is 1040. The maximum Gasteiger partial charge on any atom is 0.355 e. The molecule has 2 aromatic rings. The number of amidine groups is 1. The molecule has 1 aromatic carbocycles. The molecule has 1 saturated heterocycles. The summed E-state index contributed by atoms with van der Waals surface area (Å²) < 4.78 is 13.2.